The number of carbonyl (C=O) groups excluding carboxylic acids is 2. The first-order valence-corrected chi connectivity index (χ1v) is 11.9. The van der Waals surface area contributed by atoms with Crippen LogP contribution < -0.4 is 10.2 Å². The van der Waals surface area contributed by atoms with Crippen molar-refractivity contribution in [2.45, 2.75) is 31.5 Å². The molecule has 0 aliphatic rings. The molecule has 13 heteroatoms. The molecule has 1 heterocycles. The number of aromatic nitrogens is 1. The number of alkyl halides is 1. The summed E-state index contributed by atoms with van der Waals surface area (Å²) in [6.45, 7) is -0.764. The lowest BCUT2D eigenvalue weighted by molar-refractivity contribution is -0.133. The molecule has 3 aromatic rings. The molecule has 0 bridgehead atoms. The molecule has 0 radical (unpaired) electrons. The first-order valence-electron chi connectivity index (χ1n) is 11.5. The van der Waals surface area contributed by atoms with Gasteiger partial charge >= 0.3 is 6.09 Å². The number of benzene rings is 2. The molecule has 9 nitrogen and oxygen atoms in total. The Hall–Kier alpha value is -4.02. The van der Waals surface area contributed by atoms with Crippen LogP contribution in [0.25, 0.3) is 10.8 Å². The van der Waals surface area contributed by atoms with Gasteiger partial charge in [0.15, 0.2) is 6.54 Å². The van der Waals surface area contributed by atoms with Gasteiger partial charge < -0.3 is 9.64 Å². The van der Waals surface area contributed by atoms with Crippen LogP contribution in [0.4, 0.5) is 23.8 Å². The van der Waals surface area contributed by atoms with E-state index in [0.29, 0.717) is 16.3 Å². The zero-order valence-electron chi connectivity index (χ0n) is 20.3. The van der Waals surface area contributed by atoms with Gasteiger partial charge in [-0.2, -0.15) is 0 Å². The van der Waals surface area contributed by atoms with Crippen LogP contribution in [0, 0.1) is 17.2 Å². The van der Waals surface area contributed by atoms with E-state index < -0.39 is 42.4 Å². The SMILES string of the molecule is CN(C(=O)CCc1cccc(F)c1Cl)[C@H](COC(=O)Nc1cc2cc(F)ccc2cn1)CC(F)CN=[N+]=N. The van der Waals surface area contributed by atoms with Crippen molar-refractivity contribution in [3.63, 3.8) is 0 Å². The molecule has 2 amide bonds. The molecule has 0 aliphatic heterocycles. The van der Waals surface area contributed by atoms with Crippen LogP contribution >= 0.6 is 11.6 Å². The summed E-state index contributed by atoms with van der Waals surface area (Å²) in [5.74, 6) is -1.34. The minimum atomic E-state index is -1.56. The van der Waals surface area contributed by atoms with E-state index >= 15 is 0 Å². The van der Waals surface area contributed by atoms with Gasteiger partial charge in [-0.05, 0) is 47.7 Å². The van der Waals surface area contributed by atoms with Gasteiger partial charge in [0.2, 0.25) is 10.8 Å². The number of hydrogen-bond donors (Lipinski definition) is 2. The van der Waals surface area contributed by atoms with Crippen LogP contribution in [0.5, 0.6) is 0 Å². The molecule has 0 saturated carbocycles. The third kappa shape index (κ3) is 7.99. The van der Waals surface area contributed by atoms with Gasteiger partial charge in [-0.1, -0.05) is 23.7 Å². The number of nitrogens with zero attached hydrogens (tertiary/aromatic N) is 4. The van der Waals surface area contributed by atoms with Crippen molar-refractivity contribution in [2.24, 2.45) is 5.11 Å². The molecule has 1 unspecified atom stereocenters. The number of aryl methyl sites for hydroxylation is 1. The number of fused-ring (bicyclic) bond motifs is 1. The Bertz CT molecular complexity index is 1360. The Balaban J connectivity index is 1.64. The molecule has 3 rings (SSSR count). The fourth-order valence-corrected chi connectivity index (χ4v) is 3.91. The third-order valence-corrected chi connectivity index (χ3v) is 6.20. The number of ether oxygens (including phenoxy) is 1. The number of carbonyl (C=O) groups is 2. The van der Waals surface area contributed by atoms with Gasteiger partial charge in [0, 0.05) is 31.5 Å². The fraction of sp³-hybridized carbons (Fsp3) is 0.320. The zero-order chi connectivity index (χ0) is 27.7. The summed E-state index contributed by atoms with van der Waals surface area (Å²) in [7, 11) is 1.43. The van der Waals surface area contributed by atoms with Crippen LogP contribution in [0.1, 0.15) is 18.4 Å². The summed E-state index contributed by atoms with van der Waals surface area (Å²) < 4.78 is 46.9. The zero-order valence-corrected chi connectivity index (χ0v) is 21.1. The number of hydrogen-bond acceptors (Lipinski definition) is 6. The molecular weight excluding hydrogens is 525 g/mol. The second-order valence-corrected chi connectivity index (χ2v) is 8.79. The van der Waals surface area contributed by atoms with E-state index in [1.165, 1.54) is 48.5 Å². The van der Waals surface area contributed by atoms with Crippen LogP contribution in [-0.4, -0.2) is 54.3 Å². The average Bonchev–Trinajstić information content (AvgIpc) is 2.89. The minimum absolute atomic E-state index is 0.0523. The predicted octanol–water partition coefficient (Wildman–Crippen LogP) is 5.45. The lowest BCUT2D eigenvalue weighted by atomic mass is 10.1. The highest BCUT2D eigenvalue weighted by Crippen LogP contribution is 2.22. The monoisotopic (exact) mass is 549 g/mol. The Morgan fingerprint density at radius 2 is 2.03 bits per heavy atom. The molecule has 200 valence electrons. The van der Waals surface area contributed by atoms with Crippen molar-refractivity contribution < 1.29 is 27.5 Å². The summed E-state index contributed by atoms with van der Waals surface area (Å²) in [5.41, 5.74) is 7.14. The Labute approximate surface area is 221 Å². The molecule has 2 aromatic carbocycles. The molecule has 0 fully saturated rings. The highest BCUT2D eigenvalue weighted by Gasteiger charge is 2.26. The Morgan fingerprint density at radius 1 is 1.24 bits per heavy atom. The number of pyridine rings is 1. The van der Waals surface area contributed by atoms with Gasteiger partial charge in [0.25, 0.3) is 0 Å². The summed E-state index contributed by atoms with van der Waals surface area (Å²) in [6.07, 6.45) is -1.17. The Kier molecular flexibility index (Phi) is 10.1. The van der Waals surface area contributed by atoms with E-state index in [1.807, 2.05) is 0 Å². The summed E-state index contributed by atoms with van der Waals surface area (Å²) in [6, 6.07) is 9.00. The van der Waals surface area contributed by atoms with E-state index in [0.717, 1.165) is 0 Å². The quantitative estimate of drug-likeness (QED) is 0.244. The van der Waals surface area contributed by atoms with E-state index in [9.17, 15) is 22.8 Å². The maximum atomic E-state index is 14.4. The normalized spacial score (nSPS) is 12.3. The van der Waals surface area contributed by atoms with Gasteiger partial charge in [0.1, 0.15) is 40.9 Å². The van der Waals surface area contributed by atoms with Gasteiger partial charge in [0.05, 0.1) is 11.1 Å². The molecular formula is C25H25ClF3N6O3+. The third-order valence-electron chi connectivity index (χ3n) is 5.78. The number of halogens is 4. The summed E-state index contributed by atoms with van der Waals surface area (Å²) >= 11 is 5.95. The Morgan fingerprint density at radius 3 is 2.79 bits per heavy atom. The van der Waals surface area contributed by atoms with Crippen LogP contribution in [0.3, 0.4) is 0 Å². The molecule has 1 aromatic heterocycles. The molecule has 2 N–H and O–H groups in total. The van der Waals surface area contributed by atoms with Crippen LogP contribution in [-0.2, 0) is 16.0 Å². The second-order valence-electron chi connectivity index (χ2n) is 8.41. The first-order chi connectivity index (χ1) is 18.2. The highest BCUT2D eigenvalue weighted by molar-refractivity contribution is 6.31. The van der Waals surface area contributed by atoms with Gasteiger partial charge in [-0.3, -0.25) is 10.1 Å². The van der Waals surface area contributed by atoms with Gasteiger partial charge in [-0.25, -0.2) is 22.9 Å². The molecule has 0 spiro atoms. The predicted molar refractivity (Wildman–Crippen MR) is 135 cm³/mol. The largest absolute Gasteiger partial charge is 0.447 e. The maximum Gasteiger partial charge on any atom is 0.412 e. The van der Waals surface area contributed by atoms with Crippen molar-refractivity contribution in [3.05, 3.63) is 70.9 Å². The standard InChI is InChI=1S/C25H24ClF3N6O3/c1-35(23(36)8-6-15-3-2-4-21(29)24(15)26)20(11-19(28)13-32-34-30)14-38-25(37)33-22-10-17-9-18(27)7-5-16(17)12-31-22/h2-5,7,9-10,12,19-20,30H,6,8,11,13-14H2,1H3/p+1/t19?,20-/m0/s1. The minimum Gasteiger partial charge on any atom is -0.447 e. The van der Waals surface area contributed by atoms with Crippen molar-refractivity contribution in [2.75, 3.05) is 25.5 Å². The van der Waals surface area contributed by atoms with Crippen molar-refractivity contribution >= 4 is 40.2 Å². The molecule has 38 heavy (non-hydrogen) atoms. The average molecular weight is 550 g/mol. The number of nitrogens with one attached hydrogen (secondary N) is 2. The lowest BCUT2D eigenvalue weighted by Gasteiger charge is -2.28. The smallest absolute Gasteiger partial charge is 0.412 e. The molecule has 0 aliphatic carbocycles. The molecule has 0 saturated heterocycles. The second kappa shape index (κ2) is 13.5. The van der Waals surface area contributed by atoms with Gasteiger partial charge in [-0.15, -0.1) is 0 Å². The van der Waals surface area contributed by atoms with Crippen LogP contribution in [0.2, 0.25) is 5.02 Å². The highest BCUT2D eigenvalue weighted by atomic mass is 35.5. The number of anilines is 1. The topological polar surface area (TPSA) is 122 Å². The van der Waals surface area contributed by atoms with E-state index in [-0.39, 0.29) is 36.7 Å². The van der Waals surface area contributed by atoms with E-state index in [2.05, 4.69) is 20.3 Å². The number of likely N-dealkylation sites (N-methyl/N-ethyl adjacent to an activating group) is 1. The summed E-state index contributed by atoms with van der Waals surface area (Å²) in [4.78, 5) is 33.3. The van der Waals surface area contributed by atoms with E-state index in [1.54, 1.807) is 12.1 Å². The van der Waals surface area contributed by atoms with E-state index in [4.69, 9.17) is 21.9 Å². The van der Waals surface area contributed by atoms with Crippen molar-refractivity contribution in [3.8, 4) is 0 Å². The fourth-order valence-electron chi connectivity index (χ4n) is 3.69. The van der Waals surface area contributed by atoms with Crippen molar-refractivity contribution in [1.29, 1.82) is 5.53 Å². The number of rotatable bonds is 11. The molecule has 2 atom stereocenters. The summed E-state index contributed by atoms with van der Waals surface area (Å²) in [5, 5.41) is 6.85. The maximum absolute atomic E-state index is 14.4. The lowest BCUT2D eigenvalue weighted by Crippen LogP contribution is -2.43. The van der Waals surface area contributed by atoms with Crippen LogP contribution in [0.15, 0.2) is 53.8 Å². The van der Waals surface area contributed by atoms with Crippen molar-refractivity contribution in [1.82, 2.24) is 14.8 Å². The number of amides is 2. The first kappa shape index (κ1) is 28.5.